The van der Waals surface area contributed by atoms with Crippen LogP contribution in [-0.4, -0.2) is 26.8 Å². The van der Waals surface area contributed by atoms with Crippen molar-refractivity contribution in [2.75, 3.05) is 0 Å². The van der Waals surface area contributed by atoms with Gasteiger partial charge in [0.15, 0.2) is 0 Å². The van der Waals surface area contributed by atoms with Crippen molar-refractivity contribution in [1.82, 2.24) is 10.2 Å². The standard InChI is InChI=1S/C22H22N2O3S2/c1-22(2,3)27-20(26)23-18(16-12-8-5-9-13-16)24-19(25)17(29-21(24)28)14-15-10-6-4-7-11-15/h4-14,18H,1-3H3,(H,23,26)/b17-14-. The van der Waals surface area contributed by atoms with Gasteiger partial charge in [-0.3, -0.25) is 15.0 Å². The summed E-state index contributed by atoms with van der Waals surface area (Å²) >= 11 is 6.70. The number of thioether (sulfide) groups is 1. The van der Waals surface area contributed by atoms with E-state index in [1.807, 2.05) is 60.7 Å². The molecule has 1 atom stereocenters. The number of nitrogens with one attached hydrogen (secondary N) is 1. The van der Waals surface area contributed by atoms with E-state index in [1.54, 1.807) is 26.8 Å². The van der Waals surface area contributed by atoms with Crippen molar-refractivity contribution in [2.24, 2.45) is 0 Å². The number of thiocarbonyl (C=S) groups is 1. The number of rotatable bonds is 4. The van der Waals surface area contributed by atoms with Gasteiger partial charge in [-0.25, -0.2) is 4.79 Å². The fourth-order valence-corrected chi connectivity index (χ4v) is 4.07. The van der Waals surface area contributed by atoms with Gasteiger partial charge in [0.25, 0.3) is 5.91 Å². The topological polar surface area (TPSA) is 58.6 Å². The van der Waals surface area contributed by atoms with Crippen LogP contribution < -0.4 is 5.32 Å². The summed E-state index contributed by atoms with van der Waals surface area (Å²) in [5.41, 5.74) is 0.980. The first kappa shape index (κ1) is 21.1. The maximum atomic E-state index is 13.2. The molecule has 0 aromatic heterocycles. The van der Waals surface area contributed by atoms with Crippen LogP contribution in [-0.2, 0) is 9.53 Å². The largest absolute Gasteiger partial charge is 0.444 e. The number of nitrogens with zero attached hydrogens (tertiary/aromatic N) is 1. The third kappa shape index (κ3) is 5.46. The van der Waals surface area contributed by atoms with Gasteiger partial charge in [0.2, 0.25) is 0 Å². The lowest BCUT2D eigenvalue weighted by atomic mass is 10.1. The number of benzene rings is 2. The first-order valence-corrected chi connectivity index (χ1v) is 10.3. The molecule has 5 nitrogen and oxygen atoms in total. The van der Waals surface area contributed by atoms with Crippen LogP contribution in [0.3, 0.4) is 0 Å². The minimum Gasteiger partial charge on any atom is -0.444 e. The second-order valence-corrected chi connectivity index (χ2v) is 9.10. The molecule has 0 spiro atoms. The predicted molar refractivity (Wildman–Crippen MR) is 120 cm³/mol. The van der Waals surface area contributed by atoms with E-state index in [4.69, 9.17) is 17.0 Å². The Kier molecular flexibility index (Phi) is 6.39. The lowest BCUT2D eigenvalue weighted by molar-refractivity contribution is -0.124. The monoisotopic (exact) mass is 426 g/mol. The Balaban J connectivity index is 1.91. The van der Waals surface area contributed by atoms with Crippen molar-refractivity contribution < 1.29 is 14.3 Å². The molecule has 1 fully saturated rings. The Hall–Kier alpha value is -2.64. The number of ether oxygens (including phenoxy) is 1. The number of alkyl carbamates (subject to hydrolysis) is 1. The van der Waals surface area contributed by atoms with Crippen LogP contribution in [0.4, 0.5) is 4.79 Å². The van der Waals surface area contributed by atoms with Gasteiger partial charge in [-0.2, -0.15) is 0 Å². The zero-order chi connectivity index (χ0) is 21.0. The molecule has 3 rings (SSSR count). The Morgan fingerprint density at radius 2 is 1.69 bits per heavy atom. The van der Waals surface area contributed by atoms with E-state index in [0.717, 1.165) is 11.1 Å². The predicted octanol–water partition coefficient (Wildman–Crippen LogP) is 5.11. The van der Waals surface area contributed by atoms with E-state index in [2.05, 4.69) is 5.32 Å². The Morgan fingerprint density at radius 1 is 1.10 bits per heavy atom. The van der Waals surface area contributed by atoms with Gasteiger partial charge in [0.05, 0.1) is 4.91 Å². The second kappa shape index (κ2) is 8.80. The summed E-state index contributed by atoms with van der Waals surface area (Å²) < 4.78 is 5.77. The number of carbonyl (C=O) groups excluding carboxylic acids is 2. The first-order valence-electron chi connectivity index (χ1n) is 9.11. The third-order valence-corrected chi connectivity index (χ3v) is 5.28. The van der Waals surface area contributed by atoms with E-state index in [0.29, 0.717) is 9.23 Å². The lowest BCUT2D eigenvalue weighted by Crippen LogP contribution is -2.45. The van der Waals surface area contributed by atoms with Crippen molar-refractivity contribution in [3.63, 3.8) is 0 Å². The van der Waals surface area contributed by atoms with Crippen LogP contribution in [0.25, 0.3) is 6.08 Å². The van der Waals surface area contributed by atoms with Crippen molar-refractivity contribution in [3.8, 4) is 0 Å². The number of hydrogen-bond donors (Lipinski definition) is 1. The minimum atomic E-state index is -0.764. The average molecular weight is 427 g/mol. The van der Waals surface area contributed by atoms with Gasteiger partial charge in [-0.1, -0.05) is 84.6 Å². The molecule has 150 valence electrons. The smallest absolute Gasteiger partial charge is 0.409 e. The SMILES string of the molecule is CC(C)(C)OC(=O)NC(c1ccccc1)N1C(=O)/C(=C/c2ccccc2)SC1=S. The molecule has 1 unspecified atom stereocenters. The van der Waals surface area contributed by atoms with E-state index in [-0.39, 0.29) is 5.91 Å². The van der Waals surface area contributed by atoms with Gasteiger partial charge in [-0.15, -0.1) is 0 Å². The van der Waals surface area contributed by atoms with Crippen molar-refractivity contribution in [2.45, 2.75) is 32.5 Å². The highest BCUT2D eigenvalue weighted by atomic mass is 32.2. The fourth-order valence-electron chi connectivity index (χ4n) is 2.75. The lowest BCUT2D eigenvalue weighted by Gasteiger charge is -2.29. The molecule has 0 radical (unpaired) electrons. The molecule has 7 heteroatoms. The van der Waals surface area contributed by atoms with Gasteiger partial charge in [0, 0.05) is 0 Å². The molecule has 0 saturated carbocycles. The Labute approximate surface area is 180 Å². The summed E-state index contributed by atoms with van der Waals surface area (Å²) in [6, 6.07) is 18.8. The van der Waals surface area contributed by atoms with Crippen LogP contribution in [0.1, 0.15) is 38.1 Å². The quantitative estimate of drug-likeness (QED) is 0.544. The maximum Gasteiger partial charge on any atom is 0.409 e. The van der Waals surface area contributed by atoms with Crippen LogP contribution in [0.2, 0.25) is 0 Å². The van der Waals surface area contributed by atoms with E-state index >= 15 is 0 Å². The van der Waals surface area contributed by atoms with Crippen LogP contribution in [0.15, 0.2) is 65.6 Å². The molecule has 1 aliphatic rings. The second-order valence-electron chi connectivity index (χ2n) is 7.42. The molecule has 2 aromatic rings. The molecule has 1 N–H and O–H groups in total. The molecule has 1 aliphatic heterocycles. The molecule has 0 aliphatic carbocycles. The minimum absolute atomic E-state index is 0.256. The Morgan fingerprint density at radius 3 is 2.28 bits per heavy atom. The summed E-state index contributed by atoms with van der Waals surface area (Å²) in [6.45, 7) is 5.35. The van der Waals surface area contributed by atoms with Crippen molar-refractivity contribution in [3.05, 3.63) is 76.7 Å². The third-order valence-electron chi connectivity index (χ3n) is 3.95. The highest BCUT2D eigenvalue weighted by Gasteiger charge is 2.39. The highest BCUT2D eigenvalue weighted by molar-refractivity contribution is 8.26. The molecule has 29 heavy (non-hydrogen) atoms. The van der Waals surface area contributed by atoms with Crippen LogP contribution in [0.5, 0.6) is 0 Å². The van der Waals surface area contributed by atoms with E-state index in [1.165, 1.54) is 16.7 Å². The zero-order valence-corrected chi connectivity index (χ0v) is 18.0. The zero-order valence-electron chi connectivity index (χ0n) is 16.4. The molecule has 1 saturated heterocycles. The number of amides is 2. The first-order chi connectivity index (χ1) is 13.7. The highest BCUT2D eigenvalue weighted by Crippen LogP contribution is 2.37. The van der Waals surface area contributed by atoms with Gasteiger partial charge >= 0.3 is 6.09 Å². The summed E-state index contributed by atoms with van der Waals surface area (Å²) in [5.74, 6) is -0.256. The normalized spacial score (nSPS) is 16.8. The number of hydrogen-bond acceptors (Lipinski definition) is 5. The van der Waals surface area contributed by atoms with E-state index < -0.39 is 17.9 Å². The fraction of sp³-hybridized carbons (Fsp3) is 0.227. The van der Waals surface area contributed by atoms with Crippen LogP contribution >= 0.6 is 24.0 Å². The maximum absolute atomic E-state index is 13.2. The summed E-state index contributed by atoms with van der Waals surface area (Å²) in [7, 11) is 0. The number of carbonyl (C=O) groups is 2. The van der Waals surface area contributed by atoms with Gasteiger partial charge in [0.1, 0.15) is 16.1 Å². The molecule has 1 heterocycles. The van der Waals surface area contributed by atoms with E-state index in [9.17, 15) is 9.59 Å². The average Bonchev–Trinajstić information content (AvgIpc) is 2.93. The summed E-state index contributed by atoms with van der Waals surface area (Å²) in [6.07, 6.45) is 0.419. The summed E-state index contributed by atoms with van der Waals surface area (Å²) in [5, 5.41) is 2.79. The van der Waals surface area contributed by atoms with Gasteiger partial charge < -0.3 is 4.74 Å². The molecule has 0 bridgehead atoms. The molecule has 2 aromatic carbocycles. The molecule has 2 amide bonds. The van der Waals surface area contributed by atoms with Crippen molar-refractivity contribution >= 4 is 46.4 Å². The Bertz CT molecular complexity index is 938. The molecular weight excluding hydrogens is 404 g/mol. The van der Waals surface area contributed by atoms with Crippen LogP contribution in [0, 0.1) is 0 Å². The van der Waals surface area contributed by atoms with Crippen molar-refractivity contribution in [1.29, 1.82) is 0 Å². The summed E-state index contributed by atoms with van der Waals surface area (Å²) in [4.78, 5) is 27.5. The van der Waals surface area contributed by atoms with Gasteiger partial charge in [-0.05, 0) is 38.0 Å². The molecular formula is C22H22N2O3S2.